The van der Waals surface area contributed by atoms with Crippen LogP contribution in [-0.2, 0) is 13.0 Å². The van der Waals surface area contributed by atoms with Crippen LogP contribution in [0.25, 0.3) is 0 Å². The van der Waals surface area contributed by atoms with Crippen molar-refractivity contribution in [3.63, 3.8) is 0 Å². The highest BCUT2D eigenvalue weighted by molar-refractivity contribution is 7.99. The van der Waals surface area contributed by atoms with E-state index in [1.807, 2.05) is 24.2 Å². The van der Waals surface area contributed by atoms with E-state index < -0.39 is 0 Å². The first-order valence-corrected chi connectivity index (χ1v) is 8.14. The molecule has 0 radical (unpaired) electrons. The lowest BCUT2D eigenvalue weighted by molar-refractivity contribution is 0.196. The average Bonchev–Trinajstić information content (AvgIpc) is 2.99. The molecule has 0 aliphatic heterocycles. The van der Waals surface area contributed by atoms with Crippen molar-refractivity contribution in [2.24, 2.45) is 0 Å². The lowest BCUT2D eigenvalue weighted by Gasteiger charge is -2.14. The summed E-state index contributed by atoms with van der Waals surface area (Å²) in [5.74, 6) is 1.88. The summed E-state index contributed by atoms with van der Waals surface area (Å²) in [6, 6.07) is 0. The summed E-state index contributed by atoms with van der Waals surface area (Å²) in [5, 5.41) is 10.9. The molecule has 0 aromatic carbocycles. The van der Waals surface area contributed by atoms with Gasteiger partial charge in [0.15, 0.2) is 0 Å². The van der Waals surface area contributed by atoms with Gasteiger partial charge in [-0.25, -0.2) is 4.98 Å². The minimum absolute atomic E-state index is 0.256. The fourth-order valence-electron chi connectivity index (χ4n) is 2.55. The maximum absolute atomic E-state index is 10.1. The second-order valence-electron chi connectivity index (χ2n) is 5.13. The van der Waals surface area contributed by atoms with Gasteiger partial charge in [-0.3, -0.25) is 0 Å². The number of nitrogens with zero attached hydrogens (tertiary/aromatic N) is 2. The third kappa shape index (κ3) is 4.02. The van der Waals surface area contributed by atoms with Crippen LogP contribution >= 0.6 is 11.8 Å². The molecule has 0 saturated heterocycles. The molecule has 1 saturated carbocycles. The van der Waals surface area contributed by atoms with E-state index in [0.717, 1.165) is 29.8 Å². The Kier molecular flexibility index (Phi) is 5.57. The van der Waals surface area contributed by atoms with Crippen LogP contribution in [-0.4, -0.2) is 31.8 Å². The van der Waals surface area contributed by atoms with Gasteiger partial charge in [0, 0.05) is 36.4 Å². The molecule has 0 bridgehead atoms. The normalized spacial score (nSPS) is 18.3. The number of thioether (sulfide) groups is 1. The zero-order valence-corrected chi connectivity index (χ0v) is 12.0. The Morgan fingerprint density at radius 2 is 2.28 bits per heavy atom. The van der Waals surface area contributed by atoms with Crippen molar-refractivity contribution in [3.8, 4) is 0 Å². The Morgan fingerprint density at radius 3 is 3.00 bits per heavy atom. The lowest BCUT2D eigenvalue weighted by atomic mass is 10.2. The van der Waals surface area contributed by atoms with Gasteiger partial charge in [-0.2, -0.15) is 11.8 Å². The van der Waals surface area contributed by atoms with Crippen LogP contribution in [0.5, 0.6) is 0 Å². The Labute approximate surface area is 114 Å². The van der Waals surface area contributed by atoms with Crippen LogP contribution < -0.4 is 0 Å². The maximum Gasteiger partial charge on any atom is 0.111 e. The molecule has 1 unspecified atom stereocenters. The van der Waals surface area contributed by atoms with E-state index in [1.54, 1.807) is 0 Å². The molecule has 1 atom stereocenters. The highest BCUT2D eigenvalue weighted by Gasteiger charge is 2.18. The van der Waals surface area contributed by atoms with E-state index in [9.17, 15) is 5.11 Å². The van der Waals surface area contributed by atoms with E-state index in [-0.39, 0.29) is 6.10 Å². The summed E-state index contributed by atoms with van der Waals surface area (Å²) in [5.41, 5.74) is 0. The second-order valence-corrected chi connectivity index (χ2v) is 6.47. The van der Waals surface area contributed by atoms with E-state index in [1.165, 1.54) is 25.7 Å². The van der Waals surface area contributed by atoms with Gasteiger partial charge >= 0.3 is 0 Å². The molecule has 4 heteroatoms. The number of aromatic nitrogens is 2. The number of imidazole rings is 1. The first-order valence-electron chi connectivity index (χ1n) is 7.09. The molecule has 0 amide bonds. The third-order valence-electron chi connectivity index (χ3n) is 3.51. The zero-order valence-electron chi connectivity index (χ0n) is 11.2. The first kappa shape index (κ1) is 13.9. The number of aryl methyl sites for hydroxylation is 1. The Bertz CT molecular complexity index is 347. The van der Waals surface area contributed by atoms with E-state index >= 15 is 0 Å². The van der Waals surface area contributed by atoms with Gasteiger partial charge in [0.1, 0.15) is 5.82 Å². The molecule has 102 valence electrons. The van der Waals surface area contributed by atoms with E-state index in [0.29, 0.717) is 6.42 Å². The number of aliphatic hydroxyl groups is 1. The largest absolute Gasteiger partial charge is 0.392 e. The van der Waals surface area contributed by atoms with Crippen LogP contribution in [0.2, 0.25) is 0 Å². The van der Waals surface area contributed by atoms with Gasteiger partial charge in [0.2, 0.25) is 0 Å². The van der Waals surface area contributed by atoms with Gasteiger partial charge in [0.05, 0.1) is 6.10 Å². The van der Waals surface area contributed by atoms with Crippen LogP contribution in [0.15, 0.2) is 12.4 Å². The fraction of sp³-hybridized carbons (Fsp3) is 0.786. The topological polar surface area (TPSA) is 38.0 Å². The maximum atomic E-state index is 10.1. The molecule has 3 nitrogen and oxygen atoms in total. The summed E-state index contributed by atoms with van der Waals surface area (Å²) in [6.07, 6.45) is 10.8. The van der Waals surface area contributed by atoms with Crippen molar-refractivity contribution in [1.82, 2.24) is 9.55 Å². The molecule has 1 aliphatic carbocycles. The number of rotatable bonds is 7. The zero-order chi connectivity index (χ0) is 12.8. The molecule has 1 aromatic heterocycles. The van der Waals surface area contributed by atoms with Gasteiger partial charge in [-0.05, 0) is 19.3 Å². The van der Waals surface area contributed by atoms with Gasteiger partial charge in [-0.15, -0.1) is 0 Å². The highest BCUT2D eigenvalue weighted by Crippen LogP contribution is 2.29. The van der Waals surface area contributed by atoms with Gasteiger partial charge < -0.3 is 9.67 Å². The highest BCUT2D eigenvalue weighted by atomic mass is 32.2. The van der Waals surface area contributed by atoms with E-state index in [2.05, 4.69) is 16.5 Å². The van der Waals surface area contributed by atoms with Crippen molar-refractivity contribution in [3.05, 3.63) is 18.2 Å². The summed E-state index contributed by atoms with van der Waals surface area (Å²) in [7, 11) is 0. The second kappa shape index (κ2) is 7.19. The molecule has 1 aromatic rings. The molecule has 1 aliphatic rings. The average molecular weight is 268 g/mol. The SMILES string of the molecule is CCCn1ccnc1CC(O)CSC1CCCC1. The third-order valence-corrected chi connectivity index (χ3v) is 5.03. The number of hydrogen-bond acceptors (Lipinski definition) is 3. The van der Waals surface area contributed by atoms with Crippen LogP contribution in [0, 0.1) is 0 Å². The minimum Gasteiger partial charge on any atom is -0.392 e. The van der Waals surface area contributed by atoms with Crippen molar-refractivity contribution in [2.75, 3.05) is 5.75 Å². The summed E-state index contributed by atoms with van der Waals surface area (Å²) < 4.78 is 2.16. The smallest absolute Gasteiger partial charge is 0.111 e. The fourth-order valence-corrected chi connectivity index (χ4v) is 3.83. The minimum atomic E-state index is -0.256. The predicted octanol–water partition coefficient (Wildman–Crippen LogP) is 2.87. The molecule has 18 heavy (non-hydrogen) atoms. The van der Waals surface area contributed by atoms with Crippen molar-refractivity contribution in [2.45, 2.75) is 63.3 Å². The monoisotopic (exact) mass is 268 g/mol. The van der Waals surface area contributed by atoms with E-state index in [4.69, 9.17) is 0 Å². The van der Waals surface area contributed by atoms with Crippen molar-refractivity contribution in [1.29, 1.82) is 0 Å². The standard InChI is InChI=1S/C14H24N2OS/c1-2-8-16-9-7-15-14(16)10-12(17)11-18-13-5-3-4-6-13/h7,9,12-13,17H,2-6,8,10-11H2,1H3. The van der Waals surface area contributed by atoms with Crippen LogP contribution in [0.1, 0.15) is 44.9 Å². The molecule has 1 N–H and O–H groups in total. The molecule has 1 heterocycles. The van der Waals surface area contributed by atoms with Gasteiger partial charge in [0.25, 0.3) is 0 Å². The molecule has 2 rings (SSSR count). The molecular weight excluding hydrogens is 244 g/mol. The van der Waals surface area contributed by atoms with Crippen molar-refractivity contribution < 1.29 is 5.11 Å². The summed E-state index contributed by atoms with van der Waals surface area (Å²) in [4.78, 5) is 4.35. The van der Waals surface area contributed by atoms with Crippen LogP contribution in [0.3, 0.4) is 0 Å². The Hall–Kier alpha value is -0.480. The van der Waals surface area contributed by atoms with Gasteiger partial charge in [-0.1, -0.05) is 19.8 Å². The van der Waals surface area contributed by atoms with Crippen molar-refractivity contribution >= 4 is 11.8 Å². The molecule has 1 fully saturated rings. The summed E-state index contributed by atoms with van der Waals surface area (Å²) >= 11 is 1.95. The predicted molar refractivity (Wildman–Crippen MR) is 76.9 cm³/mol. The van der Waals surface area contributed by atoms with Crippen LogP contribution in [0.4, 0.5) is 0 Å². The Morgan fingerprint density at radius 1 is 1.50 bits per heavy atom. The quantitative estimate of drug-likeness (QED) is 0.826. The lowest BCUT2D eigenvalue weighted by Crippen LogP contribution is -2.18. The Balaban J connectivity index is 1.75. The molecular formula is C14H24N2OS. The summed E-state index contributed by atoms with van der Waals surface area (Å²) in [6.45, 7) is 3.16. The number of hydrogen-bond donors (Lipinski definition) is 1. The molecule has 0 spiro atoms. The first-order chi connectivity index (χ1) is 8.79. The number of aliphatic hydroxyl groups excluding tert-OH is 1.